The molecule has 1 aliphatic heterocycles. The van der Waals surface area contributed by atoms with Crippen molar-refractivity contribution in [3.63, 3.8) is 0 Å². The fourth-order valence-corrected chi connectivity index (χ4v) is 3.45. The number of ether oxygens (including phenoxy) is 2. The summed E-state index contributed by atoms with van der Waals surface area (Å²) in [5, 5.41) is 2.48. The summed E-state index contributed by atoms with van der Waals surface area (Å²) in [6.07, 6.45) is 0.278. The molecule has 0 saturated carbocycles. The summed E-state index contributed by atoms with van der Waals surface area (Å²) in [5.74, 6) is 1.36. The number of methoxy groups -OCH3 is 1. The number of hydrogen-bond acceptors (Lipinski definition) is 2. The van der Waals surface area contributed by atoms with Gasteiger partial charge in [-0.15, -0.1) is 0 Å². The lowest BCUT2D eigenvalue weighted by Crippen LogP contribution is -2.23. The molecule has 2 aromatic carbocycles. The van der Waals surface area contributed by atoms with Gasteiger partial charge in [-0.05, 0) is 40.8 Å². The largest absolute Gasteiger partial charge is 0.497 e. The highest BCUT2D eigenvalue weighted by Gasteiger charge is 2.41. The van der Waals surface area contributed by atoms with Crippen molar-refractivity contribution in [2.45, 2.75) is 32.8 Å². The van der Waals surface area contributed by atoms with Crippen LogP contribution in [0.1, 0.15) is 32.3 Å². The molecule has 20 heavy (non-hydrogen) atoms. The van der Waals surface area contributed by atoms with Gasteiger partial charge in [-0.2, -0.15) is 0 Å². The van der Waals surface area contributed by atoms with Crippen molar-refractivity contribution < 1.29 is 9.47 Å². The Bertz CT molecular complexity index is 630. The third-order valence-electron chi connectivity index (χ3n) is 4.46. The van der Waals surface area contributed by atoms with E-state index in [1.54, 1.807) is 7.11 Å². The predicted octanol–water partition coefficient (Wildman–Crippen LogP) is 4.38. The Labute approximate surface area is 120 Å². The predicted molar refractivity (Wildman–Crippen MR) is 82.4 cm³/mol. The highest BCUT2D eigenvalue weighted by atomic mass is 16.5. The number of fused-ring (bicyclic) bond motifs is 1. The van der Waals surface area contributed by atoms with Crippen molar-refractivity contribution in [2.75, 3.05) is 13.7 Å². The molecule has 0 amide bonds. The van der Waals surface area contributed by atoms with Crippen LogP contribution in [0.25, 0.3) is 10.8 Å². The third kappa shape index (κ3) is 2.18. The van der Waals surface area contributed by atoms with Crippen molar-refractivity contribution in [1.82, 2.24) is 0 Å². The van der Waals surface area contributed by atoms with Crippen LogP contribution < -0.4 is 4.74 Å². The Morgan fingerprint density at radius 1 is 1.10 bits per heavy atom. The maximum absolute atomic E-state index is 5.86. The van der Waals surface area contributed by atoms with Gasteiger partial charge in [0.2, 0.25) is 0 Å². The molecular weight excluding hydrogens is 248 g/mol. The molecule has 2 nitrogen and oxygen atoms in total. The number of benzene rings is 2. The zero-order chi connectivity index (χ0) is 14.3. The second-order valence-electron chi connectivity index (χ2n) is 6.45. The summed E-state index contributed by atoms with van der Waals surface area (Å²) in [6.45, 7) is 7.59. The van der Waals surface area contributed by atoms with Gasteiger partial charge in [0.1, 0.15) is 5.75 Å². The van der Waals surface area contributed by atoms with Crippen molar-refractivity contribution >= 4 is 10.8 Å². The average molecular weight is 270 g/mol. The molecule has 0 radical (unpaired) electrons. The van der Waals surface area contributed by atoms with Crippen LogP contribution in [0.5, 0.6) is 5.75 Å². The van der Waals surface area contributed by atoms with E-state index in [9.17, 15) is 0 Å². The molecule has 106 valence electrons. The Morgan fingerprint density at radius 3 is 2.45 bits per heavy atom. The van der Waals surface area contributed by atoms with E-state index >= 15 is 0 Å². The standard InChI is InChI=1S/C18H22O2/c1-12-17(18(2,3)11-20-12)15-6-5-14-10-16(19-4)8-7-13(14)9-15/h5-10,12,17H,11H2,1-4H3/t12-,17-/m1/s1. The number of hydrogen-bond donors (Lipinski definition) is 0. The lowest BCUT2D eigenvalue weighted by Gasteiger charge is -2.27. The van der Waals surface area contributed by atoms with Gasteiger partial charge in [0.25, 0.3) is 0 Å². The van der Waals surface area contributed by atoms with Crippen LogP contribution in [0.3, 0.4) is 0 Å². The Balaban J connectivity index is 2.05. The van der Waals surface area contributed by atoms with E-state index in [0.29, 0.717) is 5.92 Å². The minimum absolute atomic E-state index is 0.194. The Kier molecular flexibility index (Phi) is 3.21. The van der Waals surface area contributed by atoms with Gasteiger partial charge >= 0.3 is 0 Å². The molecule has 2 aromatic rings. The summed E-state index contributed by atoms with van der Waals surface area (Å²) in [6, 6.07) is 13.0. The van der Waals surface area contributed by atoms with Crippen LogP contribution in [0.2, 0.25) is 0 Å². The first-order chi connectivity index (χ1) is 9.51. The zero-order valence-corrected chi connectivity index (χ0v) is 12.6. The molecule has 2 heteroatoms. The van der Waals surface area contributed by atoms with E-state index in [-0.39, 0.29) is 11.5 Å². The first-order valence-electron chi connectivity index (χ1n) is 7.20. The van der Waals surface area contributed by atoms with Crippen molar-refractivity contribution in [2.24, 2.45) is 5.41 Å². The van der Waals surface area contributed by atoms with Gasteiger partial charge in [0.05, 0.1) is 19.8 Å². The molecule has 1 fully saturated rings. The second kappa shape index (κ2) is 4.78. The summed E-state index contributed by atoms with van der Waals surface area (Å²) in [5.41, 5.74) is 1.57. The molecule has 1 heterocycles. The molecule has 0 N–H and O–H groups in total. The minimum atomic E-state index is 0.194. The van der Waals surface area contributed by atoms with Gasteiger partial charge in [0, 0.05) is 5.92 Å². The first-order valence-corrected chi connectivity index (χ1v) is 7.20. The van der Waals surface area contributed by atoms with Gasteiger partial charge in [0.15, 0.2) is 0 Å². The monoisotopic (exact) mass is 270 g/mol. The molecule has 0 aliphatic carbocycles. The van der Waals surface area contributed by atoms with E-state index in [2.05, 4.69) is 51.1 Å². The van der Waals surface area contributed by atoms with Gasteiger partial charge in [-0.3, -0.25) is 0 Å². The quantitative estimate of drug-likeness (QED) is 0.806. The van der Waals surface area contributed by atoms with Crippen LogP contribution in [0.4, 0.5) is 0 Å². The van der Waals surface area contributed by atoms with Crippen molar-refractivity contribution in [3.8, 4) is 5.75 Å². The topological polar surface area (TPSA) is 18.5 Å². The van der Waals surface area contributed by atoms with Crippen LogP contribution in [0.15, 0.2) is 36.4 Å². The highest BCUT2D eigenvalue weighted by Crippen LogP contribution is 2.45. The van der Waals surface area contributed by atoms with Crippen LogP contribution in [0, 0.1) is 5.41 Å². The zero-order valence-electron chi connectivity index (χ0n) is 12.6. The van der Waals surface area contributed by atoms with Crippen LogP contribution in [-0.2, 0) is 4.74 Å². The van der Waals surface area contributed by atoms with Gasteiger partial charge in [-0.25, -0.2) is 0 Å². The Morgan fingerprint density at radius 2 is 1.80 bits per heavy atom. The maximum Gasteiger partial charge on any atom is 0.119 e. The van der Waals surface area contributed by atoms with E-state index < -0.39 is 0 Å². The molecule has 0 aromatic heterocycles. The maximum atomic E-state index is 5.86. The Hall–Kier alpha value is -1.54. The lowest BCUT2D eigenvalue weighted by molar-refractivity contribution is 0.109. The van der Waals surface area contributed by atoms with Crippen molar-refractivity contribution in [1.29, 1.82) is 0 Å². The summed E-state index contributed by atoms with van der Waals surface area (Å²) in [4.78, 5) is 0. The van der Waals surface area contributed by atoms with E-state index in [1.807, 2.05) is 6.07 Å². The van der Waals surface area contributed by atoms with Crippen LogP contribution >= 0.6 is 0 Å². The van der Waals surface area contributed by atoms with Gasteiger partial charge in [-0.1, -0.05) is 38.1 Å². The molecule has 3 rings (SSSR count). The second-order valence-corrected chi connectivity index (χ2v) is 6.45. The SMILES string of the molecule is COc1ccc2cc([C@H]3[C@@H](C)OCC3(C)C)ccc2c1. The van der Waals surface area contributed by atoms with E-state index in [4.69, 9.17) is 9.47 Å². The summed E-state index contributed by atoms with van der Waals surface area (Å²) >= 11 is 0. The van der Waals surface area contributed by atoms with E-state index in [0.717, 1.165) is 12.4 Å². The molecular formula is C18H22O2. The highest BCUT2D eigenvalue weighted by molar-refractivity contribution is 5.84. The first kappa shape index (κ1) is 13.4. The molecule has 0 bridgehead atoms. The molecule has 1 aliphatic rings. The third-order valence-corrected chi connectivity index (χ3v) is 4.46. The summed E-state index contributed by atoms with van der Waals surface area (Å²) in [7, 11) is 1.70. The fourth-order valence-electron chi connectivity index (χ4n) is 3.45. The normalized spacial score (nSPS) is 25.0. The fraction of sp³-hybridized carbons (Fsp3) is 0.444. The van der Waals surface area contributed by atoms with Crippen molar-refractivity contribution in [3.05, 3.63) is 42.0 Å². The smallest absolute Gasteiger partial charge is 0.119 e. The number of rotatable bonds is 2. The van der Waals surface area contributed by atoms with E-state index in [1.165, 1.54) is 16.3 Å². The summed E-state index contributed by atoms with van der Waals surface area (Å²) < 4.78 is 11.1. The van der Waals surface area contributed by atoms with Gasteiger partial charge < -0.3 is 9.47 Å². The molecule has 0 spiro atoms. The average Bonchev–Trinajstić information content (AvgIpc) is 2.71. The molecule has 2 atom stereocenters. The molecule has 1 saturated heterocycles. The minimum Gasteiger partial charge on any atom is -0.497 e. The molecule has 0 unspecified atom stereocenters. The van der Waals surface area contributed by atoms with Crippen LogP contribution in [-0.4, -0.2) is 19.8 Å². The lowest BCUT2D eigenvalue weighted by atomic mass is 9.75.